The van der Waals surface area contributed by atoms with E-state index in [2.05, 4.69) is 21.2 Å². The van der Waals surface area contributed by atoms with Crippen LogP contribution in [0.25, 0.3) is 11.3 Å². The molecule has 0 bridgehead atoms. The van der Waals surface area contributed by atoms with Gasteiger partial charge < -0.3 is 15.5 Å². The summed E-state index contributed by atoms with van der Waals surface area (Å²) >= 11 is 9.64. The summed E-state index contributed by atoms with van der Waals surface area (Å²) in [6.07, 6.45) is 0. The van der Waals surface area contributed by atoms with Crippen LogP contribution < -0.4 is 11.1 Å². The predicted octanol–water partition coefficient (Wildman–Crippen LogP) is 5.81. The standard InChI is InChI=1S/C19H16BrClN2O2/c1-10-7-12(3-4-14(10)20)16-5-6-17(25-16)19(24)23-18-11(2)8-13(22)9-15(18)21/h3-9H,22H2,1-2H3,(H,23,24). The number of furan rings is 1. The Hall–Kier alpha value is -2.24. The van der Waals surface area contributed by atoms with Crippen molar-refractivity contribution in [2.45, 2.75) is 13.8 Å². The Morgan fingerprint density at radius 3 is 2.56 bits per heavy atom. The van der Waals surface area contributed by atoms with Crippen molar-refractivity contribution >= 4 is 44.8 Å². The molecule has 0 aliphatic carbocycles. The maximum Gasteiger partial charge on any atom is 0.291 e. The SMILES string of the molecule is Cc1cc(-c2ccc(C(=O)Nc3c(C)cc(N)cc3Cl)o2)ccc1Br. The molecule has 0 aliphatic rings. The highest BCUT2D eigenvalue weighted by atomic mass is 79.9. The van der Waals surface area contributed by atoms with E-state index in [1.165, 1.54) is 0 Å². The van der Waals surface area contributed by atoms with Crippen molar-refractivity contribution in [3.8, 4) is 11.3 Å². The molecule has 0 saturated heterocycles. The van der Waals surface area contributed by atoms with Gasteiger partial charge in [-0.25, -0.2) is 0 Å². The Morgan fingerprint density at radius 2 is 1.88 bits per heavy atom. The number of halogens is 2. The van der Waals surface area contributed by atoms with Gasteiger partial charge in [-0.15, -0.1) is 0 Å². The largest absolute Gasteiger partial charge is 0.451 e. The molecule has 3 N–H and O–H groups in total. The zero-order valence-electron chi connectivity index (χ0n) is 13.7. The molecule has 2 aromatic carbocycles. The zero-order valence-corrected chi connectivity index (χ0v) is 16.0. The smallest absolute Gasteiger partial charge is 0.291 e. The lowest BCUT2D eigenvalue weighted by Gasteiger charge is -2.10. The quantitative estimate of drug-likeness (QED) is 0.526. The number of amides is 1. The number of nitrogens with one attached hydrogen (secondary N) is 1. The number of benzene rings is 2. The lowest BCUT2D eigenvalue weighted by Crippen LogP contribution is -2.12. The first-order chi connectivity index (χ1) is 11.8. The monoisotopic (exact) mass is 418 g/mol. The van der Waals surface area contributed by atoms with Gasteiger partial charge in [0.1, 0.15) is 5.76 Å². The average molecular weight is 420 g/mol. The van der Waals surface area contributed by atoms with E-state index in [0.717, 1.165) is 21.2 Å². The molecule has 1 heterocycles. The second-order valence-corrected chi connectivity index (χ2v) is 7.04. The van der Waals surface area contributed by atoms with Gasteiger partial charge in [0.2, 0.25) is 0 Å². The van der Waals surface area contributed by atoms with Crippen LogP contribution in [0.4, 0.5) is 11.4 Å². The molecule has 0 unspecified atom stereocenters. The lowest BCUT2D eigenvalue weighted by molar-refractivity contribution is 0.0997. The molecule has 0 atom stereocenters. The van der Waals surface area contributed by atoms with E-state index in [1.807, 2.05) is 32.0 Å². The summed E-state index contributed by atoms with van der Waals surface area (Å²) in [5.41, 5.74) is 9.59. The summed E-state index contributed by atoms with van der Waals surface area (Å²) in [5.74, 6) is 0.471. The van der Waals surface area contributed by atoms with Gasteiger partial charge in [0, 0.05) is 15.7 Å². The van der Waals surface area contributed by atoms with Crippen molar-refractivity contribution < 1.29 is 9.21 Å². The van der Waals surface area contributed by atoms with Gasteiger partial charge in [-0.3, -0.25) is 4.79 Å². The van der Waals surface area contributed by atoms with Gasteiger partial charge in [0.15, 0.2) is 5.76 Å². The normalized spacial score (nSPS) is 10.7. The second kappa shape index (κ2) is 6.94. The second-order valence-electron chi connectivity index (χ2n) is 5.78. The number of carbonyl (C=O) groups excluding carboxylic acids is 1. The molecule has 1 amide bonds. The highest BCUT2D eigenvalue weighted by molar-refractivity contribution is 9.10. The number of carbonyl (C=O) groups is 1. The fourth-order valence-corrected chi connectivity index (χ4v) is 3.09. The van der Waals surface area contributed by atoms with E-state index in [9.17, 15) is 4.79 Å². The molecule has 3 aromatic rings. The highest BCUT2D eigenvalue weighted by Gasteiger charge is 2.16. The summed E-state index contributed by atoms with van der Waals surface area (Å²) in [5, 5.41) is 3.17. The van der Waals surface area contributed by atoms with Crippen molar-refractivity contribution in [1.82, 2.24) is 0 Å². The molecule has 6 heteroatoms. The molecule has 4 nitrogen and oxygen atoms in total. The first-order valence-corrected chi connectivity index (χ1v) is 8.75. The van der Waals surface area contributed by atoms with Crippen LogP contribution in [0.5, 0.6) is 0 Å². The maximum absolute atomic E-state index is 12.5. The summed E-state index contributed by atoms with van der Waals surface area (Å²) < 4.78 is 6.73. The third kappa shape index (κ3) is 3.72. The average Bonchev–Trinajstić information content (AvgIpc) is 3.03. The molecular formula is C19H16BrClN2O2. The molecule has 0 radical (unpaired) electrons. The Morgan fingerprint density at radius 1 is 1.12 bits per heavy atom. The minimum absolute atomic E-state index is 0.211. The number of anilines is 2. The Kier molecular flexibility index (Phi) is 4.88. The number of rotatable bonds is 3. The first kappa shape index (κ1) is 17.6. The Bertz CT molecular complexity index is 943. The van der Waals surface area contributed by atoms with Crippen LogP contribution >= 0.6 is 27.5 Å². The van der Waals surface area contributed by atoms with Gasteiger partial charge in [0.25, 0.3) is 5.91 Å². The van der Waals surface area contributed by atoms with Crippen molar-refractivity contribution in [3.63, 3.8) is 0 Å². The van der Waals surface area contributed by atoms with Gasteiger partial charge in [-0.05, 0) is 61.4 Å². The van der Waals surface area contributed by atoms with E-state index < -0.39 is 0 Å². The zero-order chi connectivity index (χ0) is 18.1. The molecule has 1 aromatic heterocycles. The first-order valence-electron chi connectivity index (χ1n) is 7.58. The summed E-state index contributed by atoms with van der Waals surface area (Å²) in [6.45, 7) is 3.83. The summed E-state index contributed by atoms with van der Waals surface area (Å²) in [6, 6.07) is 12.6. The van der Waals surface area contributed by atoms with Crippen LogP contribution in [0.2, 0.25) is 5.02 Å². The summed E-state index contributed by atoms with van der Waals surface area (Å²) in [7, 11) is 0. The van der Waals surface area contributed by atoms with Crippen molar-refractivity contribution in [2.24, 2.45) is 0 Å². The minimum Gasteiger partial charge on any atom is -0.451 e. The molecule has 25 heavy (non-hydrogen) atoms. The number of aryl methyl sites for hydroxylation is 2. The Labute approximate surface area is 159 Å². The predicted molar refractivity (Wildman–Crippen MR) is 105 cm³/mol. The van der Waals surface area contributed by atoms with Gasteiger partial charge >= 0.3 is 0 Å². The molecular weight excluding hydrogens is 404 g/mol. The van der Waals surface area contributed by atoms with Crippen molar-refractivity contribution in [2.75, 3.05) is 11.1 Å². The van der Waals surface area contributed by atoms with Crippen LogP contribution in [0.1, 0.15) is 21.7 Å². The minimum atomic E-state index is -0.366. The molecule has 128 valence electrons. The highest BCUT2D eigenvalue weighted by Crippen LogP contribution is 2.30. The van der Waals surface area contributed by atoms with E-state index in [4.69, 9.17) is 21.8 Å². The number of hydrogen-bond acceptors (Lipinski definition) is 3. The third-order valence-corrected chi connectivity index (χ3v) is 5.01. The maximum atomic E-state index is 12.5. The van der Waals surface area contributed by atoms with E-state index in [0.29, 0.717) is 22.2 Å². The van der Waals surface area contributed by atoms with Crippen LogP contribution in [0.3, 0.4) is 0 Å². The van der Waals surface area contributed by atoms with Crippen molar-refractivity contribution in [3.05, 3.63) is 68.8 Å². The van der Waals surface area contributed by atoms with Crippen molar-refractivity contribution in [1.29, 1.82) is 0 Å². The van der Waals surface area contributed by atoms with Gasteiger partial charge in [0.05, 0.1) is 10.7 Å². The molecule has 0 fully saturated rings. The molecule has 0 saturated carbocycles. The van der Waals surface area contributed by atoms with E-state index >= 15 is 0 Å². The van der Waals surface area contributed by atoms with E-state index in [-0.39, 0.29) is 11.7 Å². The van der Waals surface area contributed by atoms with Crippen LogP contribution in [-0.4, -0.2) is 5.91 Å². The fourth-order valence-electron chi connectivity index (χ4n) is 2.52. The molecule has 3 rings (SSSR count). The topological polar surface area (TPSA) is 68.3 Å². The number of nitrogen functional groups attached to an aromatic ring is 1. The third-order valence-electron chi connectivity index (χ3n) is 3.82. The lowest BCUT2D eigenvalue weighted by atomic mass is 10.1. The summed E-state index contributed by atoms with van der Waals surface area (Å²) in [4.78, 5) is 12.5. The Balaban J connectivity index is 1.85. The van der Waals surface area contributed by atoms with Gasteiger partial charge in [-0.2, -0.15) is 0 Å². The number of nitrogens with two attached hydrogens (primary N) is 1. The van der Waals surface area contributed by atoms with Gasteiger partial charge in [-0.1, -0.05) is 33.6 Å². The molecule has 0 aliphatic heterocycles. The van der Waals surface area contributed by atoms with Crippen LogP contribution in [0.15, 0.2) is 51.4 Å². The fraction of sp³-hybridized carbons (Fsp3) is 0.105. The van der Waals surface area contributed by atoms with E-state index in [1.54, 1.807) is 24.3 Å². The molecule has 0 spiro atoms. The number of hydrogen-bond donors (Lipinski definition) is 2. The van der Waals surface area contributed by atoms with Crippen LogP contribution in [0, 0.1) is 13.8 Å². The van der Waals surface area contributed by atoms with Crippen LogP contribution in [-0.2, 0) is 0 Å².